The maximum atomic E-state index is 13.4. The van der Waals surface area contributed by atoms with Crippen LogP contribution >= 0.6 is 0 Å². The fraction of sp³-hybridized carbons (Fsp3) is 0.400. The van der Waals surface area contributed by atoms with Crippen LogP contribution in [-0.4, -0.2) is 28.0 Å². The van der Waals surface area contributed by atoms with Crippen molar-refractivity contribution in [1.82, 2.24) is 15.3 Å². The molecule has 0 fully saturated rings. The summed E-state index contributed by atoms with van der Waals surface area (Å²) in [4.78, 5) is 19.7. The number of carbonyl (C=O) groups excluding carboxylic acids is 1. The van der Waals surface area contributed by atoms with Gasteiger partial charge in [-0.05, 0) is 26.8 Å². The molecule has 1 atom stereocenters. The van der Waals surface area contributed by atoms with Gasteiger partial charge in [0, 0.05) is 30.0 Å². The van der Waals surface area contributed by atoms with Crippen LogP contribution in [0, 0.1) is 11.6 Å². The number of fused-ring (bicyclic) bond motifs is 1. The summed E-state index contributed by atoms with van der Waals surface area (Å²) in [6.45, 7) is 5.57. The summed E-state index contributed by atoms with van der Waals surface area (Å²) < 4.78 is 26.6. The lowest BCUT2D eigenvalue weighted by Crippen LogP contribution is -2.34. The minimum Gasteiger partial charge on any atom is -0.366 e. The molecule has 2 rings (SSSR count). The number of rotatable bonds is 5. The molecule has 7 heteroatoms. The first kappa shape index (κ1) is 16.1. The quantitative estimate of drug-likeness (QED) is 0.891. The lowest BCUT2D eigenvalue weighted by molar-refractivity contribution is -0.121. The van der Waals surface area contributed by atoms with E-state index in [9.17, 15) is 13.6 Å². The van der Waals surface area contributed by atoms with Gasteiger partial charge in [0.1, 0.15) is 12.1 Å². The van der Waals surface area contributed by atoms with E-state index in [0.29, 0.717) is 16.7 Å². The molecule has 2 N–H and O–H groups in total. The Labute approximate surface area is 127 Å². The maximum absolute atomic E-state index is 13.4. The average molecular weight is 308 g/mol. The summed E-state index contributed by atoms with van der Waals surface area (Å²) >= 11 is 0. The molecule has 0 radical (unpaired) electrons. The SMILES string of the molecule is CC(C)NC(=O)C[C@H](C)Nc1ncnc2cc(F)c(F)cc12. The predicted octanol–water partition coefficient (Wildman–Crippen LogP) is 2.62. The molecule has 0 spiro atoms. The number of nitrogens with one attached hydrogen (secondary N) is 2. The molecule has 1 aromatic carbocycles. The summed E-state index contributed by atoms with van der Waals surface area (Å²) in [5.41, 5.74) is 0.301. The van der Waals surface area contributed by atoms with E-state index in [1.165, 1.54) is 6.33 Å². The topological polar surface area (TPSA) is 66.9 Å². The number of aromatic nitrogens is 2. The van der Waals surface area contributed by atoms with Gasteiger partial charge in [0.15, 0.2) is 11.6 Å². The van der Waals surface area contributed by atoms with Gasteiger partial charge in [0.2, 0.25) is 5.91 Å². The first-order valence-corrected chi connectivity index (χ1v) is 7.02. The van der Waals surface area contributed by atoms with Gasteiger partial charge in [-0.2, -0.15) is 0 Å². The van der Waals surface area contributed by atoms with E-state index in [1.807, 2.05) is 20.8 Å². The lowest BCUT2D eigenvalue weighted by atomic mass is 10.2. The molecule has 22 heavy (non-hydrogen) atoms. The van der Waals surface area contributed by atoms with Gasteiger partial charge < -0.3 is 10.6 Å². The number of halogens is 2. The van der Waals surface area contributed by atoms with E-state index < -0.39 is 11.6 Å². The van der Waals surface area contributed by atoms with Crippen LogP contribution in [0.25, 0.3) is 10.9 Å². The van der Waals surface area contributed by atoms with Gasteiger partial charge in [-0.15, -0.1) is 0 Å². The molecule has 0 aliphatic heterocycles. The largest absolute Gasteiger partial charge is 0.366 e. The zero-order chi connectivity index (χ0) is 16.3. The van der Waals surface area contributed by atoms with Gasteiger partial charge >= 0.3 is 0 Å². The molecular weight excluding hydrogens is 290 g/mol. The third kappa shape index (κ3) is 3.87. The third-order valence-electron chi connectivity index (χ3n) is 3.00. The Kier molecular flexibility index (Phi) is 4.85. The van der Waals surface area contributed by atoms with E-state index in [-0.39, 0.29) is 24.4 Å². The van der Waals surface area contributed by atoms with Crippen molar-refractivity contribution in [2.75, 3.05) is 5.32 Å². The molecule has 0 bridgehead atoms. The van der Waals surface area contributed by atoms with Gasteiger partial charge in [-0.3, -0.25) is 4.79 Å². The monoisotopic (exact) mass is 308 g/mol. The number of hydrogen-bond acceptors (Lipinski definition) is 4. The molecule has 1 amide bonds. The lowest BCUT2D eigenvalue weighted by Gasteiger charge is -2.16. The van der Waals surface area contributed by atoms with E-state index >= 15 is 0 Å². The summed E-state index contributed by atoms with van der Waals surface area (Å²) in [5.74, 6) is -1.64. The number of anilines is 1. The fourth-order valence-electron chi connectivity index (χ4n) is 2.11. The number of benzene rings is 1. The Bertz CT molecular complexity index is 691. The fourth-order valence-corrected chi connectivity index (χ4v) is 2.11. The molecule has 0 unspecified atom stereocenters. The summed E-state index contributed by atoms with van der Waals surface area (Å²) in [6.07, 6.45) is 1.51. The van der Waals surface area contributed by atoms with Crippen LogP contribution in [0.15, 0.2) is 18.5 Å². The van der Waals surface area contributed by atoms with Crippen molar-refractivity contribution in [1.29, 1.82) is 0 Å². The molecule has 0 saturated carbocycles. The van der Waals surface area contributed by atoms with Crippen LogP contribution in [-0.2, 0) is 4.79 Å². The summed E-state index contributed by atoms with van der Waals surface area (Å²) in [6, 6.07) is 1.92. The van der Waals surface area contributed by atoms with Gasteiger partial charge in [-0.25, -0.2) is 18.7 Å². The van der Waals surface area contributed by atoms with Gasteiger partial charge in [-0.1, -0.05) is 0 Å². The van der Waals surface area contributed by atoms with Crippen LogP contribution in [0.5, 0.6) is 0 Å². The van der Waals surface area contributed by atoms with Crippen molar-refractivity contribution in [3.8, 4) is 0 Å². The maximum Gasteiger partial charge on any atom is 0.222 e. The standard InChI is InChI=1S/C15H18F2N4O/c1-8(2)20-14(22)4-9(3)21-15-10-5-11(16)12(17)6-13(10)18-7-19-15/h5-9H,4H2,1-3H3,(H,20,22)(H,18,19,21)/t9-/m0/s1. The second-order valence-corrected chi connectivity index (χ2v) is 5.48. The predicted molar refractivity (Wildman–Crippen MR) is 80.4 cm³/mol. The minimum absolute atomic E-state index is 0.0663. The molecule has 118 valence electrons. The second kappa shape index (κ2) is 6.64. The average Bonchev–Trinajstić information content (AvgIpc) is 2.39. The summed E-state index contributed by atoms with van der Waals surface area (Å²) in [7, 11) is 0. The Balaban J connectivity index is 2.17. The Morgan fingerprint density at radius 2 is 1.86 bits per heavy atom. The molecular formula is C15H18F2N4O. The first-order valence-electron chi connectivity index (χ1n) is 7.02. The highest BCUT2D eigenvalue weighted by Gasteiger charge is 2.14. The van der Waals surface area contributed by atoms with Crippen molar-refractivity contribution < 1.29 is 13.6 Å². The van der Waals surface area contributed by atoms with E-state index in [4.69, 9.17) is 0 Å². The highest BCUT2D eigenvalue weighted by Crippen LogP contribution is 2.22. The minimum atomic E-state index is -0.962. The molecule has 2 aromatic rings. The third-order valence-corrected chi connectivity index (χ3v) is 3.00. The summed E-state index contributed by atoms with van der Waals surface area (Å²) in [5, 5.41) is 6.20. The van der Waals surface area contributed by atoms with Gasteiger partial charge in [0.25, 0.3) is 0 Å². The van der Waals surface area contributed by atoms with E-state index in [0.717, 1.165) is 12.1 Å². The highest BCUT2D eigenvalue weighted by molar-refractivity contribution is 5.89. The van der Waals surface area contributed by atoms with Crippen molar-refractivity contribution >= 4 is 22.6 Å². The van der Waals surface area contributed by atoms with Crippen molar-refractivity contribution in [2.45, 2.75) is 39.3 Å². The van der Waals surface area contributed by atoms with Crippen molar-refractivity contribution in [2.24, 2.45) is 0 Å². The smallest absolute Gasteiger partial charge is 0.222 e. The molecule has 0 aliphatic carbocycles. The number of nitrogens with zero attached hydrogens (tertiary/aromatic N) is 2. The number of hydrogen-bond donors (Lipinski definition) is 2. The van der Waals surface area contributed by atoms with Crippen molar-refractivity contribution in [3.63, 3.8) is 0 Å². The number of carbonyl (C=O) groups is 1. The van der Waals surface area contributed by atoms with Crippen molar-refractivity contribution in [3.05, 3.63) is 30.1 Å². The first-order chi connectivity index (χ1) is 10.4. The Hall–Kier alpha value is -2.31. The molecule has 0 saturated heterocycles. The Morgan fingerprint density at radius 1 is 1.18 bits per heavy atom. The van der Waals surface area contributed by atoms with Crippen LogP contribution in [0.1, 0.15) is 27.2 Å². The zero-order valence-electron chi connectivity index (χ0n) is 12.7. The normalized spacial score (nSPS) is 12.5. The van der Waals surface area contributed by atoms with Crippen LogP contribution in [0.2, 0.25) is 0 Å². The zero-order valence-corrected chi connectivity index (χ0v) is 12.7. The van der Waals surface area contributed by atoms with Crippen LogP contribution < -0.4 is 10.6 Å². The molecule has 1 aromatic heterocycles. The highest BCUT2D eigenvalue weighted by atomic mass is 19.2. The van der Waals surface area contributed by atoms with Crippen LogP contribution in [0.3, 0.4) is 0 Å². The molecule has 1 heterocycles. The van der Waals surface area contributed by atoms with E-state index in [1.54, 1.807) is 0 Å². The van der Waals surface area contributed by atoms with Gasteiger partial charge in [0.05, 0.1) is 5.52 Å². The molecule has 0 aliphatic rings. The second-order valence-electron chi connectivity index (χ2n) is 5.48. The molecule has 5 nitrogen and oxygen atoms in total. The van der Waals surface area contributed by atoms with E-state index in [2.05, 4.69) is 20.6 Å². The van der Waals surface area contributed by atoms with Crippen LogP contribution in [0.4, 0.5) is 14.6 Å². The number of amides is 1. The Morgan fingerprint density at radius 3 is 2.55 bits per heavy atom.